The van der Waals surface area contributed by atoms with Gasteiger partial charge in [-0.05, 0) is 43.4 Å². The number of nitrogens with zero attached hydrogens (tertiary/aromatic N) is 2. The van der Waals surface area contributed by atoms with Gasteiger partial charge in [-0.2, -0.15) is 0 Å². The van der Waals surface area contributed by atoms with Crippen molar-refractivity contribution in [2.75, 3.05) is 19.6 Å². The highest BCUT2D eigenvalue weighted by Crippen LogP contribution is 2.16. The maximum atomic E-state index is 12.4. The second kappa shape index (κ2) is 9.55. The van der Waals surface area contributed by atoms with Crippen LogP contribution in [0.25, 0.3) is 0 Å². The van der Waals surface area contributed by atoms with Crippen molar-refractivity contribution in [1.82, 2.24) is 14.8 Å². The molecule has 0 aliphatic carbocycles. The lowest BCUT2D eigenvalue weighted by Gasteiger charge is -2.16. The van der Waals surface area contributed by atoms with Gasteiger partial charge < -0.3 is 14.8 Å². The van der Waals surface area contributed by atoms with Gasteiger partial charge in [0.2, 0.25) is 5.91 Å². The summed E-state index contributed by atoms with van der Waals surface area (Å²) in [4.78, 5) is 38.5. The van der Waals surface area contributed by atoms with Crippen molar-refractivity contribution >= 4 is 23.4 Å². The number of carbonyl (C=O) groups excluding carboxylic acids is 2. The zero-order valence-corrected chi connectivity index (χ0v) is 16.5. The molecule has 1 aromatic carbocycles. The van der Waals surface area contributed by atoms with Crippen molar-refractivity contribution in [3.63, 3.8) is 0 Å². The molecule has 0 saturated carbocycles. The highest BCUT2D eigenvalue weighted by atomic mass is 35.5. The molecular weight excluding hydrogens is 378 g/mol. The average Bonchev–Trinajstić information content (AvgIpc) is 3.23. The third kappa shape index (κ3) is 5.23. The first-order valence-electron chi connectivity index (χ1n) is 9.54. The van der Waals surface area contributed by atoms with E-state index in [4.69, 9.17) is 11.6 Å². The molecule has 1 aliphatic heterocycles. The van der Waals surface area contributed by atoms with Crippen LogP contribution >= 0.6 is 11.6 Å². The van der Waals surface area contributed by atoms with Crippen molar-refractivity contribution < 1.29 is 9.59 Å². The number of likely N-dealkylation sites (tertiary alicyclic amines) is 1. The SMILES string of the molecule is O=C(NCCCc1ccccc1Cl)c1ccc(=O)n(CC(=O)N2CCCC2)c1. The quantitative estimate of drug-likeness (QED) is 0.724. The molecule has 1 saturated heterocycles. The Morgan fingerprint density at radius 1 is 1.07 bits per heavy atom. The van der Waals surface area contributed by atoms with Crippen molar-refractivity contribution in [1.29, 1.82) is 0 Å². The van der Waals surface area contributed by atoms with Crippen LogP contribution in [-0.2, 0) is 17.8 Å². The second-order valence-corrected chi connectivity index (χ2v) is 7.33. The Bertz CT molecular complexity index is 904. The molecule has 28 heavy (non-hydrogen) atoms. The Kier molecular flexibility index (Phi) is 6.87. The fourth-order valence-corrected chi connectivity index (χ4v) is 3.52. The Balaban J connectivity index is 1.54. The van der Waals surface area contributed by atoms with E-state index in [9.17, 15) is 14.4 Å². The van der Waals surface area contributed by atoms with Gasteiger partial charge in [-0.25, -0.2) is 0 Å². The smallest absolute Gasteiger partial charge is 0.252 e. The van der Waals surface area contributed by atoms with Gasteiger partial charge in [0, 0.05) is 36.9 Å². The van der Waals surface area contributed by atoms with Crippen LogP contribution in [0.4, 0.5) is 0 Å². The molecule has 1 aliphatic rings. The Hall–Kier alpha value is -2.60. The van der Waals surface area contributed by atoms with Crippen molar-refractivity contribution in [3.05, 3.63) is 69.1 Å². The van der Waals surface area contributed by atoms with Crippen molar-refractivity contribution in [2.45, 2.75) is 32.2 Å². The molecule has 0 radical (unpaired) electrons. The summed E-state index contributed by atoms with van der Waals surface area (Å²) in [7, 11) is 0. The highest BCUT2D eigenvalue weighted by molar-refractivity contribution is 6.31. The Labute approximate surface area is 169 Å². The third-order valence-corrected chi connectivity index (χ3v) is 5.25. The van der Waals surface area contributed by atoms with E-state index in [1.165, 1.54) is 22.9 Å². The molecule has 1 N–H and O–H groups in total. The van der Waals surface area contributed by atoms with Crippen molar-refractivity contribution in [3.8, 4) is 0 Å². The molecule has 0 unspecified atom stereocenters. The molecule has 0 atom stereocenters. The summed E-state index contributed by atoms with van der Waals surface area (Å²) in [5.41, 5.74) is 1.13. The van der Waals surface area contributed by atoms with Crippen LogP contribution in [0.15, 0.2) is 47.4 Å². The molecular formula is C21H24ClN3O3. The molecule has 1 fully saturated rings. The van der Waals surface area contributed by atoms with E-state index in [2.05, 4.69) is 5.32 Å². The molecule has 6 nitrogen and oxygen atoms in total. The van der Waals surface area contributed by atoms with E-state index in [1.807, 2.05) is 24.3 Å². The van der Waals surface area contributed by atoms with Crippen LogP contribution in [0.1, 0.15) is 35.2 Å². The number of hydrogen-bond donors (Lipinski definition) is 1. The van der Waals surface area contributed by atoms with Gasteiger partial charge in [-0.1, -0.05) is 29.8 Å². The number of rotatable bonds is 7. The standard InChI is InChI=1S/C21H24ClN3O3/c22-18-8-2-1-6-16(18)7-5-11-23-21(28)17-9-10-19(26)25(14-17)15-20(27)24-12-3-4-13-24/h1-2,6,8-10,14H,3-5,7,11-13,15H2,(H,23,28). The summed E-state index contributed by atoms with van der Waals surface area (Å²) in [5, 5.41) is 3.58. The zero-order chi connectivity index (χ0) is 19.9. The van der Waals surface area contributed by atoms with Gasteiger partial charge >= 0.3 is 0 Å². The van der Waals surface area contributed by atoms with E-state index >= 15 is 0 Å². The summed E-state index contributed by atoms with van der Waals surface area (Å²) in [5.74, 6) is -0.349. The topological polar surface area (TPSA) is 71.4 Å². The maximum absolute atomic E-state index is 12.4. The van der Waals surface area contributed by atoms with Crippen LogP contribution in [-0.4, -0.2) is 40.9 Å². The predicted molar refractivity (Wildman–Crippen MR) is 109 cm³/mol. The number of pyridine rings is 1. The number of aryl methyl sites for hydroxylation is 1. The van der Waals surface area contributed by atoms with E-state index in [0.717, 1.165) is 49.4 Å². The molecule has 0 spiro atoms. The Morgan fingerprint density at radius 2 is 1.82 bits per heavy atom. The molecule has 2 aromatic rings. The zero-order valence-electron chi connectivity index (χ0n) is 15.7. The van der Waals surface area contributed by atoms with Gasteiger partial charge in [0.1, 0.15) is 6.54 Å². The van der Waals surface area contributed by atoms with Crippen LogP contribution < -0.4 is 10.9 Å². The number of aromatic nitrogens is 1. The highest BCUT2D eigenvalue weighted by Gasteiger charge is 2.18. The first-order chi connectivity index (χ1) is 13.5. The van der Waals surface area contributed by atoms with Gasteiger partial charge in [0.15, 0.2) is 0 Å². The number of hydrogen-bond acceptors (Lipinski definition) is 3. The number of carbonyl (C=O) groups is 2. The molecule has 1 aromatic heterocycles. The third-order valence-electron chi connectivity index (χ3n) is 4.88. The lowest BCUT2D eigenvalue weighted by Crippen LogP contribution is -2.35. The second-order valence-electron chi connectivity index (χ2n) is 6.92. The number of nitrogens with one attached hydrogen (secondary N) is 1. The van der Waals surface area contributed by atoms with E-state index < -0.39 is 0 Å². The first kappa shape index (κ1) is 20.1. The Morgan fingerprint density at radius 3 is 2.57 bits per heavy atom. The lowest BCUT2D eigenvalue weighted by molar-refractivity contribution is -0.130. The average molecular weight is 402 g/mol. The summed E-state index contributed by atoms with van der Waals surface area (Å²) in [6, 6.07) is 10.5. The van der Waals surface area contributed by atoms with E-state index in [-0.39, 0.29) is 23.9 Å². The number of amides is 2. The van der Waals surface area contributed by atoms with Crippen LogP contribution in [0.5, 0.6) is 0 Å². The minimum absolute atomic E-state index is 0.0353. The van der Waals surface area contributed by atoms with E-state index in [1.54, 1.807) is 4.90 Å². The van der Waals surface area contributed by atoms with Gasteiger partial charge in [0.05, 0.1) is 5.56 Å². The summed E-state index contributed by atoms with van der Waals surface area (Å²) in [6.07, 6.45) is 4.97. The number of halogens is 1. The van der Waals surface area contributed by atoms with Crippen LogP contribution in [0.2, 0.25) is 5.02 Å². The van der Waals surface area contributed by atoms with Crippen LogP contribution in [0, 0.1) is 0 Å². The molecule has 3 rings (SSSR count). The largest absolute Gasteiger partial charge is 0.352 e. The number of benzene rings is 1. The van der Waals surface area contributed by atoms with Crippen LogP contribution in [0.3, 0.4) is 0 Å². The van der Waals surface area contributed by atoms with Gasteiger partial charge in [0.25, 0.3) is 11.5 Å². The first-order valence-corrected chi connectivity index (χ1v) is 9.92. The minimum Gasteiger partial charge on any atom is -0.352 e. The van der Waals surface area contributed by atoms with Crippen molar-refractivity contribution in [2.24, 2.45) is 0 Å². The fourth-order valence-electron chi connectivity index (χ4n) is 3.29. The maximum Gasteiger partial charge on any atom is 0.252 e. The van der Waals surface area contributed by atoms with Gasteiger partial charge in [-0.15, -0.1) is 0 Å². The normalized spacial score (nSPS) is 13.5. The summed E-state index contributed by atoms with van der Waals surface area (Å²) >= 11 is 6.13. The van der Waals surface area contributed by atoms with Gasteiger partial charge in [-0.3, -0.25) is 14.4 Å². The molecule has 148 valence electrons. The molecule has 7 heteroatoms. The molecule has 0 bridgehead atoms. The molecule has 2 amide bonds. The fraction of sp³-hybridized carbons (Fsp3) is 0.381. The summed E-state index contributed by atoms with van der Waals surface area (Å²) in [6.45, 7) is 1.93. The monoisotopic (exact) mass is 401 g/mol. The lowest BCUT2D eigenvalue weighted by atomic mass is 10.1. The summed E-state index contributed by atoms with van der Waals surface area (Å²) < 4.78 is 1.30. The van der Waals surface area contributed by atoms with E-state index in [0.29, 0.717) is 12.1 Å². The minimum atomic E-state index is -0.289. The predicted octanol–water partition coefficient (Wildman–Crippen LogP) is 2.49. The molecule has 2 heterocycles.